The lowest BCUT2D eigenvalue weighted by Gasteiger charge is -2.37. The molecule has 1 aromatic heterocycles. The van der Waals surface area contributed by atoms with E-state index in [4.69, 9.17) is 29.4 Å². The maximum Gasteiger partial charge on any atom is 0.328 e. The first kappa shape index (κ1) is 26.6. The Labute approximate surface area is 208 Å². The Hall–Kier alpha value is -3.99. The van der Waals surface area contributed by atoms with Gasteiger partial charge in [0, 0.05) is 41.6 Å². The van der Waals surface area contributed by atoms with E-state index in [0.717, 1.165) is 41.0 Å². The summed E-state index contributed by atoms with van der Waals surface area (Å²) in [7, 11) is 3.17. The molecule has 1 fully saturated rings. The van der Waals surface area contributed by atoms with Crippen LogP contribution in [0.2, 0.25) is 0 Å². The van der Waals surface area contributed by atoms with Gasteiger partial charge in [0.15, 0.2) is 11.5 Å². The third kappa shape index (κ3) is 6.36. The Balaban J connectivity index is 0.000000392. The number of carboxylic acid groups (broad SMARTS) is 2. The second kappa shape index (κ2) is 12.1. The van der Waals surface area contributed by atoms with Crippen LogP contribution >= 0.6 is 0 Å². The first-order valence-corrected chi connectivity index (χ1v) is 11.4. The van der Waals surface area contributed by atoms with Crippen molar-refractivity contribution in [2.75, 3.05) is 20.8 Å². The lowest BCUT2D eigenvalue weighted by molar-refractivity contribution is -0.134. The summed E-state index contributed by atoms with van der Waals surface area (Å²) in [6.07, 6.45) is 6.59. The number of aliphatic hydroxyl groups is 1. The van der Waals surface area contributed by atoms with E-state index >= 15 is 0 Å². The number of ether oxygens (including phenoxy) is 3. The summed E-state index contributed by atoms with van der Waals surface area (Å²) in [6, 6.07) is 4.46. The third-order valence-corrected chi connectivity index (χ3v) is 5.82. The lowest BCUT2D eigenvalue weighted by atomic mass is 9.74. The van der Waals surface area contributed by atoms with Gasteiger partial charge in [-0.2, -0.15) is 0 Å². The van der Waals surface area contributed by atoms with Crippen LogP contribution in [0.5, 0.6) is 17.5 Å². The number of hydrogen-bond acceptors (Lipinski definition) is 9. The first-order chi connectivity index (χ1) is 17.3. The SMILES string of the molecule is CCOc1cc2c(cc1OC)C(c1cnc(OC)nc1)=N[C@@H]1CC[C@@H](O)C[C@H]21.O=C(O)/C=C\C(=O)O. The van der Waals surface area contributed by atoms with Gasteiger partial charge in [0.25, 0.3) is 0 Å². The number of aromatic nitrogens is 2. The summed E-state index contributed by atoms with van der Waals surface area (Å²) in [5.41, 5.74) is 3.78. The van der Waals surface area contributed by atoms with Crippen molar-refractivity contribution in [2.24, 2.45) is 4.99 Å². The molecular weight excluding hydrogens is 470 g/mol. The van der Waals surface area contributed by atoms with Crippen LogP contribution in [0.1, 0.15) is 48.8 Å². The van der Waals surface area contributed by atoms with Gasteiger partial charge >= 0.3 is 17.9 Å². The molecule has 1 aliphatic heterocycles. The summed E-state index contributed by atoms with van der Waals surface area (Å²) < 4.78 is 16.4. The number of methoxy groups -OCH3 is 2. The van der Waals surface area contributed by atoms with Crippen molar-refractivity contribution in [3.05, 3.63) is 53.4 Å². The predicted molar refractivity (Wildman–Crippen MR) is 129 cm³/mol. The molecule has 0 spiro atoms. The lowest BCUT2D eigenvalue weighted by Crippen LogP contribution is -2.34. The highest BCUT2D eigenvalue weighted by atomic mass is 16.5. The van der Waals surface area contributed by atoms with Gasteiger partial charge in [-0.25, -0.2) is 19.6 Å². The molecule has 0 radical (unpaired) electrons. The molecule has 0 saturated heterocycles. The molecule has 11 heteroatoms. The number of nitrogens with zero attached hydrogens (tertiary/aromatic N) is 3. The highest BCUT2D eigenvalue weighted by molar-refractivity contribution is 6.14. The van der Waals surface area contributed by atoms with E-state index in [9.17, 15) is 14.7 Å². The van der Waals surface area contributed by atoms with Crippen LogP contribution < -0.4 is 14.2 Å². The first-order valence-electron chi connectivity index (χ1n) is 11.4. The monoisotopic (exact) mass is 499 g/mol. The number of aliphatic hydroxyl groups excluding tert-OH is 1. The molecule has 11 nitrogen and oxygen atoms in total. The zero-order valence-corrected chi connectivity index (χ0v) is 20.2. The van der Waals surface area contributed by atoms with Gasteiger partial charge in [-0.05, 0) is 43.9 Å². The van der Waals surface area contributed by atoms with E-state index in [-0.39, 0.29) is 18.1 Å². The van der Waals surface area contributed by atoms with Crippen LogP contribution in [0.4, 0.5) is 0 Å². The van der Waals surface area contributed by atoms with Crippen molar-refractivity contribution < 1.29 is 39.1 Å². The minimum absolute atomic E-state index is 0.121. The topological polar surface area (TPSA) is 161 Å². The molecular formula is C25H29N3O8. The van der Waals surface area contributed by atoms with Gasteiger partial charge in [0.05, 0.1) is 38.7 Å². The summed E-state index contributed by atoms with van der Waals surface area (Å²) in [5, 5.41) is 25.9. The molecule has 2 heterocycles. The number of aliphatic carboxylic acids is 2. The van der Waals surface area contributed by atoms with Crippen molar-refractivity contribution in [3.8, 4) is 17.5 Å². The van der Waals surface area contributed by atoms with Crippen LogP contribution in [-0.2, 0) is 9.59 Å². The maximum atomic E-state index is 10.2. The Bertz CT molecular complexity index is 1130. The molecule has 1 saturated carbocycles. The number of aliphatic imine (C=N–C) groups is 1. The minimum Gasteiger partial charge on any atom is -0.493 e. The maximum absolute atomic E-state index is 10.2. The van der Waals surface area contributed by atoms with Gasteiger partial charge in [0.2, 0.25) is 0 Å². The quantitative estimate of drug-likeness (QED) is 0.483. The molecule has 3 atom stereocenters. The molecule has 0 bridgehead atoms. The van der Waals surface area contributed by atoms with Crippen molar-refractivity contribution in [3.63, 3.8) is 0 Å². The fourth-order valence-electron chi connectivity index (χ4n) is 4.29. The molecule has 3 N–H and O–H groups in total. The van der Waals surface area contributed by atoms with Gasteiger partial charge in [0.1, 0.15) is 0 Å². The molecule has 2 aromatic rings. The fraction of sp³-hybridized carbons (Fsp3) is 0.400. The summed E-state index contributed by atoms with van der Waals surface area (Å²) in [6.45, 7) is 2.51. The van der Waals surface area contributed by atoms with E-state index in [1.54, 1.807) is 26.6 Å². The van der Waals surface area contributed by atoms with E-state index in [0.29, 0.717) is 36.9 Å². The largest absolute Gasteiger partial charge is 0.493 e. The van der Waals surface area contributed by atoms with Gasteiger partial charge < -0.3 is 29.5 Å². The molecule has 4 rings (SSSR count). The van der Waals surface area contributed by atoms with Crippen LogP contribution in [0, 0.1) is 0 Å². The van der Waals surface area contributed by atoms with Gasteiger partial charge in [-0.3, -0.25) is 4.99 Å². The van der Waals surface area contributed by atoms with Crippen molar-refractivity contribution in [1.82, 2.24) is 9.97 Å². The summed E-state index contributed by atoms with van der Waals surface area (Å²) in [4.78, 5) is 32.6. The number of carboxylic acids is 2. The van der Waals surface area contributed by atoms with E-state index in [1.807, 2.05) is 19.1 Å². The van der Waals surface area contributed by atoms with Crippen LogP contribution in [0.25, 0.3) is 0 Å². The van der Waals surface area contributed by atoms with Crippen LogP contribution in [-0.4, -0.2) is 75.9 Å². The molecule has 1 aromatic carbocycles. The number of carbonyl (C=O) groups is 2. The normalized spacial score (nSPS) is 20.2. The summed E-state index contributed by atoms with van der Waals surface area (Å²) >= 11 is 0. The summed E-state index contributed by atoms with van der Waals surface area (Å²) in [5.74, 6) is -0.973. The Morgan fingerprint density at radius 2 is 1.69 bits per heavy atom. The van der Waals surface area contributed by atoms with Crippen LogP contribution in [0.15, 0.2) is 41.7 Å². The number of fused-ring (bicyclic) bond motifs is 3. The number of benzene rings is 1. The zero-order chi connectivity index (χ0) is 26.2. The van der Waals surface area contributed by atoms with E-state index < -0.39 is 11.9 Å². The van der Waals surface area contributed by atoms with Crippen molar-refractivity contribution in [1.29, 1.82) is 0 Å². The number of hydrogen-bond donors (Lipinski definition) is 3. The zero-order valence-electron chi connectivity index (χ0n) is 20.2. The Morgan fingerprint density at radius 3 is 2.25 bits per heavy atom. The standard InChI is InChI=1S/C21H25N3O4.C4H4O4/c1-4-28-19-8-14-15-7-13(25)5-6-17(15)24-20(16(14)9-18(19)26-2)12-10-22-21(27-3)23-11-12;5-3(6)1-2-4(7)8/h8-11,13,15,17,25H,4-7H2,1-3H3;1-2H,(H,5,6)(H,7,8)/b;2-1-/t13-,15-,17-;/m1./s1. The third-order valence-electron chi connectivity index (χ3n) is 5.82. The van der Waals surface area contributed by atoms with Crippen molar-refractivity contribution >= 4 is 17.7 Å². The van der Waals surface area contributed by atoms with Gasteiger partial charge in [-0.15, -0.1) is 0 Å². The van der Waals surface area contributed by atoms with E-state index in [2.05, 4.69) is 9.97 Å². The molecule has 36 heavy (non-hydrogen) atoms. The second-order valence-corrected chi connectivity index (χ2v) is 8.11. The Morgan fingerprint density at radius 1 is 1.03 bits per heavy atom. The fourth-order valence-corrected chi connectivity index (χ4v) is 4.29. The Kier molecular flexibility index (Phi) is 8.96. The highest BCUT2D eigenvalue weighted by Crippen LogP contribution is 2.44. The van der Waals surface area contributed by atoms with Crippen molar-refractivity contribution in [2.45, 2.75) is 44.2 Å². The minimum atomic E-state index is -1.26. The predicted octanol–water partition coefficient (Wildman–Crippen LogP) is 2.45. The molecule has 192 valence electrons. The van der Waals surface area contributed by atoms with Gasteiger partial charge in [-0.1, -0.05) is 0 Å². The molecule has 2 aliphatic rings. The highest BCUT2D eigenvalue weighted by Gasteiger charge is 2.37. The number of rotatable bonds is 7. The van der Waals surface area contributed by atoms with E-state index in [1.165, 1.54) is 0 Å². The second-order valence-electron chi connectivity index (χ2n) is 8.11. The average molecular weight is 500 g/mol. The average Bonchev–Trinajstić information content (AvgIpc) is 2.87. The molecule has 0 amide bonds. The smallest absolute Gasteiger partial charge is 0.328 e. The van der Waals surface area contributed by atoms with Crippen LogP contribution in [0.3, 0.4) is 0 Å². The molecule has 1 aliphatic carbocycles. The molecule has 0 unspecified atom stereocenters.